The van der Waals surface area contributed by atoms with Gasteiger partial charge in [-0.05, 0) is 37.1 Å². The summed E-state index contributed by atoms with van der Waals surface area (Å²) in [4.78, 5) is 38.4. The molecule has 3 amide bonds. The number of carbonyl (C=O) groups is 3. The van der Waals surface area contributed by atoms with Gasteiger partial charge in [-0.1, -0.05) is 72.8 Å². The molecule has 0 radical (unpaired) electrons. The number of rotatable bonds is 8. The molecule has 0 heterocycles. The van der Waals surface area contributed by atoms with Gasteiger partial charge in [0.1, 0.15) is 5.54 Å². The van der Waals surface area contributed by atoms with E-state index in [0.717, 1.165) is 11.1 Å². The Morgan fingerprint density at radius 3 is 1.59 bits per heavy atom. The van der Waals surface area contributed by atoms with Crippen molar-refractivity contribution in [3.05, 3.63) is 107 Å². The third-order valence-electron chi connectivity index (χ3n) is 5.00. The number of amides is 3. The highest BCUT2D eigenvalue weighted by atomic mass is 16.2. The predicted molar refractivity (Wildman–Crippen MR) is 124 cm³/mol. The molecule has 0 bridgehead atoms. The van der Waals surface area contributed by atoms with Gasteiger partial charge < -0.3 is 16.0 Å². The second kappa shape index (κ2) is 10.4. The van der Waals surface area contributed by atoms with Gasteiger partial charge in [-0.15, -0.1) is 0 Å². The predicted octanol–water partition coefficient (Wildman–Crippen LogP) is 3.44. The van der Waals surface area contributed by atoms with Gasteiger partial charge in [0.05, 0.1) is 11.1 Å². The minimum absolute atomic E-state index is 0.210. The first-order chi connectivity index (χ1) is 15.4. The molecule has 0 aliphatic rings. The fraction of sp³-hybridized carbons (Fsp3) is 0.192. The van der Waals surface area contributed by atoms with Crippen LogP contribution in [-0.2, 0) is 17.9 Å². The second-order valence-corrected chi connectivity index (χ2v) is 7.96. The molecule has 0 fully saturated rings. The normalized spacial score (nSPS) is 10.8. The molecule has 0 aliphatic heterocycles. The van der Waals surface area contributed by atoms with Crippen LogP contribution in [0.1, 0.15) is 45.7 Å². The number of nitrogens with one attached hydrogen (secondary N) is 3. The van der Waals surface area contributed by atoms with E-state index in [-0.39, 0.29) is 22.9 Å². The maximum atomic E-state index is 13.0. The van der Waals surface area contributed by atoms with Crippen LogP contribution in [0.3, 0.4) is 0 Å². The van der Waals surface area contributed by atoms with Crippen molar-refractivity contribution in [1.82, 2.24) is 16.0 Å². The lowest BCUT2D eigenvalue weighted by Gasteiger charge is -2.25. The summed E-state index contributed by atoms with van der Waals surface area (Å²) in [6.07, 6.45) is 0. The molecule has 0 saturated heterocycles. The van der Waals surface area contributed by atoms with E-state index in [1.54, 1.807) is 38.1 Å². The van der Waals surface area contributed by atoms with Crippen molar-refractivity contribution >= 4 is 17.7 Å². The fourth-order valence-corrected chi connectivity index (χ4v) is 3.16. The molecule has 3 rings (SSSR count). The van der Waals surface area contributed by atoms with Crippen molar-refractivity contribution in [2.75, 3.05) is 0 Å². The monoisotopic (exact) mass is 429 g/mol. The lowest BCUT2D eigenvalue weighted by molar-refractivity contribution is -0.126. The molecule has 6 nitrogen and oxygen atoms in total. The minimum atomic E-state index is -1.17. The van der Waals surface area contributed by atoms with Gasteiger partial charge in [0.2, 0.25) is 5.91 Å². The van der Waals surface area contributed by atoms with Crippen LogP contribution in [0.15, 0.2) is 84.9 Å². The zero-order chi connectivity index (χ0) is 23.0. The average Bonchev–Trinajstić information content (AvgIpc) is 2.82. The summed E-state index contributed by atoms with van der Waals surface area (Å²) < 4.78 is 0. The highest BCUT2D eigenvalue weighted by Crippen LogP contribution is 2.12. The van der Waals surface area contributed by atoms with Crippen molar-refractivity contribution in [2.45, 2.75) is 32.5 Å². The van der Waals surface area contributed by atoms with Crippen LogP contribution < -0.4 is 16.0 Å². The lowest BCUT2D eigenvalue weighted by Crippen LogP contribution is -2.54. The topological polar surface area (TPSA) is 87.3 Å². The van der Waals surface area contributed by atoms with E-state index < -0.39 is 11.4 Å². The molecule has 0 saturated carbocycles. The fourth-order valence-electron chi connectivity index (χ4n) is 3.16. The molecule has 3 aromatic rings. The summed E-state index contributed by atoms with van der Waals surface area (Å²) in [6.45, 7) is 3.97. The number of benzene rings is 3. The molecule has 0 aromatic heterocycles. The Balaban J connectivity index is 1.65. The summed E-state index contributed by atoms with van der Waals surface area (Å²) in [5, 5.41) is 8.42. The lowest BCUT2D eigenvalue weighted by atomic mass is 10.0. The quantitative estimate of drug-likeness (QED) is 0.513. The Hall–Kier alpha value is -3.93. The molecule has 0 aliphatic carbocycles. The van der Waals surface area contributed by atoms with Crippen molar-refractivity contribution in [3.8, 4) is 0 Å². The first kappa shape index (κ1) is 22.7. The molecular formula is C26H27N3O3. The Kier molecular flexibility index (Phi) is 7.39. The average molecular weight is 430 g/mol. The summed E-state index contributed by atoms with van der Waals surface area (Å²) >= 11 is 0. The number of hydrogen-bond donors (Lipinski definition) is 3. The molecule has 32 heavy (non-hydrogen) atoms. The number of carbonyl (C=O) groups excluding carboxylic acids is 3. The van der Waals surface area contributed by atoms with Gasteiger partial charge in [0.15, 0.2) is 0 Å². The second-order valence-electron chi connectivity index (χ2n) is 7.96. The molecule has 164 valence electrons. The maximum Gasteiger partial charge on any atom is 0.252 e. The Labute approximate surface area is 188 Å². The van der Waals surface area contributed by atoms with Crippen LogP contribution in [0.2, 0.25) is 0 Å². The molecule has 3 aromatic carbocycles. The van der Waals surface area contributed by atoms with Crippen molar-refractivity contribution < 1.29 is 14.4 Å². The van der Waals surface area contributed by atoms with Crippen LogP contribution in [0.4, 0.5) is 0 Å². The van der Waals surface area contributed by atoms with E-state index >= 15 is 0 Å². The molecule has 6 heteroatoms. The van der Waals surface area contributed by atoms with Gasteiger partial charge >= 0.3 is 0 Å². The molecular weight excluding hydrogens is 402 g/mol. The molecule has 0 spiro atoms. The highest BCUT2D eigenvalue weighted by molar-refractivity contribution is 6.08. The summed E-state index contributed by atoms with van der Waals surface area (Å²) in [6, 6.07) is 25.6. The van der Waals surface area contributed by atoms with Crippen LogP contribution in [0.5, 0.6) is 0 Å². The Bertz CT molecular complexity index is 1080. The van der Waals surface area contributed by atoms with Crippen LogP contribution in [-0.4, -0.2) is 23.3 Å². The van der Waals surface area contributed by atoms with Gasteiger partial charge in [-0.2, -0.15) is 0 Å². The van der Waals surface area contributed by atoms with Crippen LogP contribution in [0, 0.1) is 0 Å². The van der Waals surface area contributed by atoms with Gasteiger partial charge in [-0.25, -0.2) is 0 Å². The first-order valence-corrected chi connectivity index (χ1v) is 10.4. The largest absolute Gasteiger partial charge is 0.350 e. The third kappa shape index (κ3) is 6.04. The van der Waals surface area contributed by atoms with E-state index in [1.165, 1.54) is 0 Å². The van der Waals surface area contributed by atoms with E-state index in [4.69, 9.17) is 0 Å². The smallest absolute Gasteiger partial charge is 0.252 e. The molecule has 3 N–H and O–H groups in total. The van der Waals surface area contributed by atoms with Crippen molar-refractivity contribution in [3.63, 3.8) is 0 Å². The highest BCUT2D eigenvalue weighted by Gasteiger charge is 2.30. The van der Waals surface area contributed by atoms with E-state index in [0.29, 0.717) is 13.1 Å². The zero-order valence-electron chi connectivity index (χ0n) is 18.2. The number of hydrogen-bond acceptors (Lipinski definition) is 3. The first-order valence-electron chi connectivity index (χ1n) is 10.4. The standard InChI is InChI=1S/C26H27N3O3/c1-26(2,25(32)28-18-20-13-7-4-8-14-20)29-24(31)22-16-10-9-15-21(22)23(30)27-17-19-11-5-3-6-12-19/h3-16H,17-18H2,1-2H3,(H,27,30)(H,28,32)(H,29,31). The van der Waals surface area contributed by atoms with Gasteiger partial charge in [0, 0.05) is 13.1 Å². The summed E-state index contributed by atoms with van der Waals surface area (Å²) in [7, 11) is 0. The van der Waals surface area contributed by atoms with Gasteiger partial charge in [0.25, 0.3) is 11.8 Å². The van der Waals surface area contributed by atoms with Crippen molar-refractivity contribution in [1.29, 1.82) is 0 Å². The summed E-state index contributed by atoms with van der Waals surface area (Å²) in [5.41, 5.74) is 1.21. The molecule has 0 atom stereocenters. The SMILES string of the molecule is CC(C)(NC(=O)c1ccccc1C(=O)NCc1ccccc1)C(=O)NCc1ccccc1. The summed E-state index contributed by atoms with van der Waals surface area (Å²) in [5.74, 6) is -1.16. The zero-order valence-corrected chi connectivity index (χ0v) is 18.2. The molecule has 0 unspecified atom stereocenters. The Morgan fingerprint density at radius 2 is 1.06 bits per heavy atom. The third-order valence-corrected chi connectivity index (χ3v) is 5.00. The van der Waals surface area contributed by atoms with Crippen LogP contribution in [0.25, 0.3) is 0 Å². The van der Waals surface area contributed by atoms with Crippen molar-refractivity contribution in [2.24, 2.45) is 0 Å². The van der Waals surface area contributed by atoms with E-state index in [2.05, 4.69) is 16.0 Å². The van der Waals surface area contributed by atoms with E-state index in [1.807, 2.05) is 60.7 Å². The minimum Gasteiger partial charge on any atom is -0.350 e. The van der Waals surface area contributed by atoms with Crippen LogP contribution >= 0.6 is 0 Å². The Morgan fingerprint density at radius 1 is 0.625 bits per heavy atom. The van der Waals surface area contributed by atoms with Gasteiger partial charge in [-0.3, -0.25) is 14.4 Å². The van der Waals surface area contributed by atoms with E-state index in [9.17, 15) is 14.4 Å². The maximum absolute atomic E-state index is 13.0.